The van der Waals surface area contributed by atoms with Crippen molar-refractivity contribution in [1.82, 2.24) is 0 Å². The van der Waals surface area contributed by atoms with Gasteiger partial charge in [0, 0.05) is 21.2 Å². The summed E-state index contributed by atoms with van der Waals surface area (Å²) in [6, 6.07) is 47.5. The second-order valence-corrected chi connectivity index (χ2v) is 16.0. The first-order valence-corrected chi connectivity index (χ1v) is 17.4. The van der Waals surface area contributed by atoms with Crippen LogP contribution in [0.4, 0.5) is 0 Å². The highest BCUT2D eigenvalue weighted by Crippen LogP contribution is 2.56. The van der Waals surface area contributed by atoms with Gasteiger partial charge < -0.3 is 9.13 Å². The number of fused-ring (bicyclic) bond motifs is 1. The topological polar surface area (TPSA) is 34.1 Å². The van der Waals surface area contributed by atoms with E-state index in [2.05, 4.69) is 24.3 Å². The van der Waals surface area contributed by atoms with Crippen molar-refractivity contribution in [2.24, 2.45) is 0 Å². The van der Waals surface area contributed by atoms with Crippen LogP contribution in [0.5, 0.6) is 0 Å². The van der Waals surface area contributed by atoms with E-state index in [0.29, 0.717) is 12.8 Å². The maximum atomic E-state index is 15.4. The highest BCUT2D eigenvalue weighted by molar-refractivity contribution is 7.82. The maximum absolute atomic E-state index is 15.4. The third-order valence-corrected chi connectivity index (χ3v) is 14.1. The Morgan fingerprint density at radius 2 is 0.878 bits per heavy atom. The zero-order valence-corrected chi connectivity index (χ0v) is 24.8. The van der Waals surface area contributed by atoms with Crippen molar-refractivity contribution < 1.29 is 9.13 Å². The molecular weight excluding hydrogens is 538 g/mol. The first-order valence-electron chi connectivity index (χ1n) is 13.9. The fraction of sp³-hybridized carbons (Fsp3) is 0.0811. The van der Waals surface area contributed by atoms with E-state index in [1.807, 2.05) is 134 Å². The minimum atomic E-state index is -3.19. The average Bonchev–Trinajstić information content (AvgIpc) is 3.05. The Kier molecular flexibility index (Phi) is 7.63. The summed E-state index contributed by atoms with van der Waals surface area (Å²) in [5.41, 5.74) is 4.45. The van der Waals surface area contributed by atoms with Crippen molar-refractivity contribution in [3.05, 3.63) is 179 Å². The van der Waals surface area contributed by atoms with Gasteiger partial charge in [-0.05, 0) is 53.2 Å². The summed E-state index contributed by atoms with van der Waals surface area (Å²) in [7, 11) is -6.36. The Balaban J connectivity index is 1.64. The standard InChI is InChI=1S/C37H32O2P2/c1-29(41(39,35-22-10-4-11-23-35)36-24-12-5-13-25-36)37-27-31-17-15-14-16-30(31)26-32(37)28-40(38,33-18-6-2-7-19-33)34-20-8-3-9-21-34/h2-25,28H,26-27H2,1H3/b32-28-,37-29-. The predicted octanol–water partition coefficient (Wildman–Crippen LogP) is 7.97. The molecule has 202 valence electrons. The van der Waals surface area contributed by atoms with Crippen molar-refractivity contribution in [1.29, 1.82) is 0 Å². The number of allylic oxidation sites excluding steroid dienone is 3. The molecule has 0 N–H and O–H groups in total. The SMILES string of the molecule is C/C(=C1\Cc2ccccc2C\C1=C\P(=O)(c1ccccc1)c1ccccc1)P(=O)(c1ccccc1)c1ccccc1. The lowest BCUT2D eigenvalue weighted by molar-refractivity contribution is 0.589. The van der Waals surface area contributed by atoms with Gasteiger partial charge in [0.15, 0.2) is 14.3 Å². The van der Waals surface area contributed by atoms with Gasteiger partial charge in [-0.25, -0.2) is 0 Å². The molecule has 0 atom stereocenters. The maximum Gasteiger partial charge on any atom is 0.167 e. The molecule has 1 aliphatic rings. The Hall–Kier alpha value is -3.96. The van der Waals surface area contributed by atoms with E-state index in [4.69, 9.17) is 0 Å². The van der Waals surface area contributed by atoms with Gasteiger partial charge in [0.2, 0.25) is 0 Å². The minimum absolute atomic E-state index is 0.635. The molecule has 0 bridgehead atoms. The van der Waals surface area contributed by atoms with Crippen molar-refractivity contribution >= 4 is 35.5 Å². The molecule has 4 heteroatoms. The van der Waals surface area contributed by atoms with Crippen LogP contribution in [0.25, 0.3) is 0 Å². The van der Waals surface area contributed by atoms with Crippen molar-refractivity contribution in [3.63, 3.8) is 0 Å². The van der Waals surface area contributed by atoms with Gasteiger partial charge in [-0.2, -0.15) is 0 Å². The van der Waals surface area contributed by atoms with E-state index in [1.54, 1.807) is 0 Å². The number of hydrogen-bond acceptors (Lipinski definition) is 2. The van der Waals surface area contributed by atoms with Crippen LogP contribution in [0, 0.1) is 0 Å². The third kappa shape index (κ3) is 5.15. The van der Waals surface area contributed by atoms with Crippen molar-refractivity contribution in [2.45, 2.75) is 19.8 Å². The molecule has 0 saturated carbocycles. The lowest BCUT2D eigenvalue weighted by Gasteiger charge is -2.29. The lowest BCUT2D eigenvalue weighted by Crippen LogP contribution is -2.20. The van der Waals surface area contributed by atoms with Crippen LogP contribution in [-0.2, 0) is 22.0 Å². The van der Waals surface area contributed by atoms with E-state index < -0.39 is 14.3 Å². The molecule has 0 heterocycles. The van der Waals surface area contributed by atoms with Gasteiger partial charge in [-0.1, -0.05) is 146 Å². The van der Waals surface area contributed by atoms with E-state index in [0.717, 1.165) is 37.7 Å². The summed E-state index contributed by atoms with van der Waals surface area (Å²) in [5, 5.41) is 4.06. The first kappa shape index (κ1) is 27.2. The molecule has 41 heavy (non-hydrogen) atoms. The highest BCUT2D eigenvalue weighted by atomic mass is 31.2. The molecule has 0 saturated heterocycles. The Bertz CT molecular complexity index is 1740. The Morgan fingerprint density at radius 1 is 0.512 bits per heavy atom. The molecule has 5 aromatic rings. The molecule has 0 amide bonds. The van der Waals surface area contributed by atoms with Crippen molar-refractivity contribution in [3.8, 4) is 0 Å². The molecule has 1 aliphatic carbocycles. The highest BCUT2D eigenvalue weighted by Gasteiger charge is 2.35. The normalized spacial score (nSPS) is 15.8. The quantitative estimate of drug-likeness (QED) is 0.194. The molecular formula is C37H32O2P2. The summed E-state index contributed by atoms with van der Waals surface area (Å²) >= 11 is 0. The van der Waals surface area contributed by atoms with Gasteiger partial charge in [0.1, 0.15) is 0 Å². The summed E-state index contributed by atoms with van der Waals surface area (Å²) in [6.07, 6.45) is 1.27. The fourth-order valence-electron chi connectivity index (χ4n) is 5.82. The zero-order chi connectivity index (χ0) is 28.3. The second kappa shape index (κ2) is 11.5. The Morgan fingerprint density at radius 3 is 1.32 bits per heavy atom. The molecule has 0 fully saturated rings. The monoisotopic (exact) mass is 570 g/mol. The van der Waals surface area contributed by atoms with Gasteiger partial charge >= 0.3 is 0 Å². The smallest absolute Gasteiger partial charge is 0.167 e. The largest absolute Gasteiger partial charge is 0.309 e. The van der Waals surface area contributed by atoms with Gasteiger partial charge in [-0.15, -0.1) is 0 Å². The summed E-state index contributed by atoms with van der Waals surface area (Å²) in [5.74, 6) is 2.01. The summed E-state index contributed by atoms with van der Waals surface area (Å²) in [4.78, 5) is 0. The summed E-state index contributed by atoms with van der Waals surface area (Å²) < 4.78 is 30.6. The van der Waals surface area contributed by atoms with E-state index >= 15 is 9.13 Å². The van der Waals surface area contributed by atoms with E-state index in [9.17, 15) is 0 Å². The van der Waals surface area contributed by atoms with Crippen LogP contribution in [0.2, 0.25) is 0 Å². The molecule has 0 unspecified atom stereocenters. The fourth-order valence-corrected chi connectivity index (χ4v) is 11.2. The van der Waals surface area contributed by atoms with E-state index in [-0.39, 0.29) is 0 Å². The van der Waals surface area contributed by atoms with Crippen molar-refractivity contribution in [2.75, 3.05) is 0 Å². The van der Waals surface area contributed by atoms with Crippen LogP contribution in [0.15, 0.2) is 168 Å². The molecule has 0 aliphatic heterocycles. The van der Waals surface area contributed by atoms with Crippen LogP contribution < -0.4 is 21.2 Å². The van der Waals surface area contributed by atoms with Gasteiger partial charge in [0.25, 0.3) is 0 Å². The van der Waals surface area contributed by atoms with Crippen LogP contribution in [-0.4, -0.2) is 0 Å². The number of benzene rings is 5. The Labute approximate surface area is 242 Å². The number of rotatable bonds is 6. The lowest BCUT2D eigenvalue weighted by atomic mass is 9.85. The number of hydrogen-bond donors (Lipinski definition) is 0. The second-order valence-electron chi connectivity index (χ2n) is 10.5. The molecule has 0 aromatic heterocycles. The third-order valence-electron chi connectivity index (χ3n) is 8.02. The summed E-state index contributed by atoms with van der Waals surface area (Å²) in [6.45, 7) is 2.02. The van der Waals surface area contributed by atoms with Crippen LogP contribution in [0.3, 0.4) is 0 Å². The zero-order valence-electron chi connectivity index (χ0n) is 23.1. The molecule has 0 radical (unpaired) electrons. The average molecular weight is 571 g/mol. The minimum Gasteiger partial charge on any atom is -0.309 e. The van der Waals surface area contributed by atoms with Crippen LogP contribution >= 0.6 is 14.3 Å². The first-order chi connectivity index (χ1) is 20.0. The molecule has 5 aromatic carbocycles. The van der Waals surface area contributed by atoms with Gasteiger partial charge in [-0.3, -0.25) is 0 Å². The molecule has 2 nitrogen and oxygen atoms in total. The van der Waals surface area contributed by atoms with Gasteiger partial charge in [0.05, 0.1) is 0 Å². The molecule has 0 spiro atoms. The predicted molar refractivity (Wildman–Crippen MR) is 174 cm³/mol. The van der Waals surface area contributed by atoms with Crippen LogP contribution in [0.1, 0.15) is 18.1 Å². The molecule has 6 rings (SSSR count). The van der Waals surface area contributed by atoms with E-state index in [1.165, 1.54) is 11.1 Å².